The van der Waals surface area contributed by atoms with E-state index in [9.17, 15) is 19.5 Å². The number of benzene rings is 3. The lowest BCUT2D eigenvalue weighted by Crippen LogP contribution is -2.51. The summed E-state index contributed by atoms with van der Waals surface area (Å²) in [6.07, 6.45) is 4.42. The first-order valence-electron chi connectivity index (χ1n) is 17.6. The Hall–Kier alpha value is -5.16. The topological polar surface area (TPSA) is 136 Å². The summed E-state index contributed by atoms with van der Waals surface area (Å²) >= 11 is 0. The molecule has 2 bridgehead atoms. The molecule has 4 aliphatic rings. The highest BCUT2D eigenvalue weighted by Gasteiger charge is 2.47. The standard InChI is InChI=1S/C39H40N6O5/c1-50-33-16-26(37(46)44-21-25-12-13-31(44)34(25)40)14-29-35(33)45(20-23-17-42(18-23)38(47)27-7-3-4-8-28(27)39(48)49)36(41-29)32-15-24-6-2-5-9-30(24)43(32)19-22-10-11-22/h2-9,14-16,22-23,25,31,34H,10-13,17-21,40H2,1H3,(H,48,49)/t25?,31?,34-/m1/s1. The van der Waals surface area contributed by atoms with Crippen molar-refractivity contribution in [3.63, 3.8) is 0 Å². The molecule has 2 aliphatic heterocycles. The van der Waals surface area contributed by atoms with Gasteiger partial charge >= 0.3 is 5.97 Å². The number of hydrogen-bond acceptors (Lipinski definition) is 6. The molecule has 0 spiro atoms. The predicted molar refractivity (Wildman–Crippen MR) is 188 cm³/mol. The third kappa shape index (κ3) is 4.97. The van der Waals surface area contributed by atoms with Crippen LogP contribution in [0.1, 0.15) is 56.8 Å². The Bertz CT molecular complexity index is 2190. The zero-order valence-corrected chi connectivity index (χ0v) is 28.0. The van der Waals surface area contributed by atoms with Gasteiger partial charge in [-0.2, -0.15) is 0 Å². The van der Waals surface area contributed by atoms with Crippen LogP contribution in [0.5, 0.6) is 5.75 Å². The van der Waals surface area contributed by atoms with Crippen molar-refractivity contribution >= 4 is 39.7 Å². The Labute approximate surface area is 289 Å². The van der Waals surface area contributed by atoms with Gasteiger partial charge in [0.05, 0.1) is 29.4 Å². The van der Waals surface area contributed by atoms with Crippen LogP contribution in [0.4, 0.5) is 0 Å². The summed E-state index contributed by atoms with van der Waals surface area (Å²) in [5, 5.41) is 10.8. The summed E-state index contributed by atoms with van der Waals surface area (Å²) in [6, 6.07) is 20.8. The fourth-order valence-electron chi connectivity index (χ4n) is 8.62. The molecule has 2 unspecified atom stereocenters. The van der Waals surface area contributed by atoms with Gasteiger partial charge in [0, 0.05) is 67.2 Å². The van der Waals surface area contributed by atoms with Crippen LogP contribution in [-0.2, 0) is 13.1 Å². The molecule has 4 heterocycles. The number of amides is 2. The molecule has 9 rings (SSSR count). The number of methoxy groups -OCH3 is 1. The average Bonchev–Trinajstić information content (AvgIpc) is 3.47. The highest BCUT2D eigenvalue weighted by Crippen LogP contribution is 2.41. The number of carboxylic acids is 1. The van der Waals surface area contributed by atoms with E-state index in [-0.39, 0.29) is 40.9 Å². The average molecular weight is 673 g/mol. The Morgan fingerprint density at radius 3 is 2.30 bits per heavy atom. The number of carbonyl (C=O) groups is 3. The molecule has 2 amide bonds. The maximum atomic E-state index is 14.0. The van der Waals surface area contributed by atoms with Crippen molar-refractivity contribution in [2.24, 2.45) is 23.5 Å². The highest BCUT2D eigenvalue weighted by molar-refractivity contribution is 6.05. The predicted octanol–water partition coefficient (Wildman–Crippen LogP) is 5.11. The van der Waals surface area contributed by atoms with Crippen LogP contribution < -0.4 is 10.5 Å². The maximum absolute atomic E-state index is 14.0. The molecular formula is C39H40N6O5. The number of carbonyl (C=O) groups excluding carboxylic acids is 2. The minimum absolute atomic E-state index is 0.00570. The summed E-state index contributed by atoms with van der Waals surface area (Å²) in [5.74, 6) is 1.00. The first-order valence-corrected chi connectivity index (χ1v) is 17.6. The molecule has 256 valence electrons. The molecule has 4 fully saturated rings. The number of nitrogens with two attached hydrogens (primary N) is 1. The summed E-state index contributed by atoms with van der Waals surface area (Å²) in [4.78, 5) is 48.1. The first kappa shape index (κ1) is 30.9. The van der Waals surface area contributed by atoms with Gasteiger partial charge in [-0.15, -0.1) is 0 Å². The van der Waals surface area contributed by atoms with E-state index in [2.05, 4.69) is 39.5 Å². The molecule has 11 nitrogen and oxygen atoms in total. The maximum Gasteiger partial charge on any atom is 0.336 e. The molecule has 50 heavy (non-hydrogen) atoms. The molecule has 3 aromatic carbocycles. The second kappa shape index (κ2) is 11.7. The lowest BCUT2D eigenvalue weighted by atomic mass is 9.97. The number of carboxylic acid groups (broad SMARTS) is 1. The van der Waals surface area contributed by atoms with Crippen LogP contribution in [0.25, 0.3) is 33.5 Å². The number of imidazole rings is 1. The van der Waals surface area contributed by atoms with Crippen molar-refractivity contribution in [2.75, 3.05) is 26.7 Å². The van der Waals surface area contributed by atoms with Crippen molar-refractivity contribution in [1.82, 2.24) is 23.9 Å². The summed E-state index contributed by atoms with van der Waals surface area (Å²) < 4.78 is 10.6. The van der Waals surface area contributed by atoms with Crippen molar-refractivity contribution in [3.05, 3.63) is 83.4 Å². The van der Waals surface area contributed by atoms with E-state index in [1.54, 1.807) is 30.2 Å². The zero-order valence-electron chi connectivity index (χ0n) is 28.0. The van der Waals surface area contributed by atoms with E-state index >= 15 is 0 Å². The number of aromatic nitrogens is 3. The van der Waals surface area contributed by atoms with E-state index < -0.39 is 5.97 Å². The van der Waals surface area contributed by atoms with E-state index in [1.165, 1.54) is 18.9 Å². The smallest absolute Gasteiger partial charge is 0.336 e. The number of hydrogen-bond donors (Lipinski definition) is 2. The zero-order chi connectivity index (χ0) is 34.3. The number of para-hydroxylation sites is 1. The third-order valence-corrected chi connectivity index (χ3v) is 11.4. The van der Waals surface area contributed by atoms with E-state index in [1.807, 2.05) is 17.0 Å². The molecule has 2 saturated carbocycles. The highest BCUT2D eigenvalue weighted by atomic mass is 16.5. The van der Waals surface area contributed by atoms with Crippen molar-refractivity contribution in [2.45, 2.75) is 50.9 Å². The minimum Gasteiger partial charge on any atom is -0.494 e. The number of piperidine rings is 1. The minimum atomic E-state index is -1.12. The van der Waals surface area contributed by atoms with Gasteiger partial charge in [0.15, 0.2) is 5.82 Å². The third-order valence-electron chi connectivity index (χ3n) is 11.4. The van der Waals surface area contributed by atoms with Gasteiger partial charge < -0.3 is 34.5 Å². The molecule has 2 aliphatic carbocycles. The lowest BCUT2D eigenvalue weighted by molar-refractivity contribution is 0.0464. The van der Waals surface area contributed by atoms with E-state index in [4.69, 9.17) is 15.5 Å². The first-order chi connectivity index (χ1) is 24.3. The Balaban J connectivity index is 1.11. The van der Waals surface area contributed by atoms with Gasteiger partial charge in [-0.1, -0.05) is 30.3 Å². The molecule has 3 N–H and O–H groups in total. The van der Waals surface area contributed by atoms with Crippen molar-refractivity contribution in [1.29, 1.82) is 0 Å². The Morgan fingerprint density at radius 1 is 0.860 bits per heavy atom. The molecule has 5 aromatic rings. The fraction of sp³-hybridized carbons (Fsp3) is 0.385. The largest absolute Gasteiger partial charge is 0.494 e. The van der Waals surface area contributed by atoms with Crippen molar-refractivity contribution < 1.29 is 24.2 Å². The number of aromatic carboxylic acids is 1. The van der Waals surface area contributed by atoms with Crippen LogP contribution in [0.3, 0.4) is 0 Å². The van der Waals surface area contributed by atoms with Crippen LogP contribution in [-0.4, -0.2) is 85.6 Å². The number of fused-ring (bicyclic) bond motifs is 4. The monoisotopic (exact) mass is 672 g/mol. The number of nitrogens with zero attached hydrogens (tertiary/aromatic N) is 5. The summed E-state index contributed by atoms with van der Waals surface area (Å²) in [6.45, 7) is 3.11. The van der Waals surface area contributed by atoms with Crippen LogP contribution in [0.2, 0.25) is 0 Å². The second-order valence-corrected chi connectivity index (χ2v) is 14.6. The van der Waals surface area contributed by atoms with Crippen LogP contribution in [0.15, 0.2) is 66.7 Å². The van der Waals surface area contributed by atoms with Gasteiger partial charge in [0.1, 0.15) is 11.3 Å². The van der Waals surface area contributed by atoms with E-state index in [0.717, 1.165) is 47.3 Å². The van der Waals surface area contributed by atoms with Crippen LogP contribution >= 0.6 is 0 Å². The summed E-state index contributed by atoms with van der Waals surface area (Å²) in [7, 11) is 1.63. The molecular weight excluding hydrogens is 632 g/mol. The number of likely N-dealkylation sites (tertiary alicyclic amines) is 2. The number of ether oxygens (including phenoxy) is 1. The van der Waals surface area contributed by atoms with Crippen molar-refractivity contribution in [3.8, 4) is 17.3 Å². The van der Waals surface area contributed by atoms with Gasteiger partial charge in [-0.25, -0.2) is 9.78 Å². The number of rotatable bonds is 9. The summed E-state index contributed by atoms with van der Waals surface area (Å²) in [5.41, 5.74) is 10.9. The fourth-order valence-corrected chi connectivity index (χ4v) is 8.62. The van der Waals surface area contributed by atoms with Gasteiger partial charge in [-0.05, 0) is 73.9 Å². The molecule has 0 radical (unpaired) electrons. The van der Waals surface area contributed by atoms with Gasteiger partial charge in [-0.3, -0.25) is 9.59 Å². The SMILES string of the molecule is COc1cc(C(=O)N2CC3CCC2[C@@H]3N)cc2nc(-c3cc4ccccc4n3CC3CC3)n(CC3CN(C(=O)c4ccccc4C(=O)O)C3)c12. The van der Waals surface area contributed by atoms with Crippen LogP contribution in [0, 0.1) is 17.8 Å². The normalized spacial score (nSPS) is 21.7. The lowest BCUT2D eigenvalue weighted by Gasteiger charge is -2.40. The molecule has 2 saturated heterocycles. The van der Waals surface area contributed by atoms with Gasteiger partial charge in [0.25, 0.3) is 11.8 Å². The second-order valence-electron chi connectivity index (χ2n) is 14.6. The Kier molecular flexibility index (Phi) is 7.24. The Morgan fingerprint density at radius 2 is 1.60 bits per heavy atom. The molecule has 2 aromatic heterocycles. The quantitative estimate of drug-likeness (QED) is 0.222. The van der Waals surface area contributed by atoms with E-state index in [0.29, 0.717) is 54.8 Å². The molecule has 3 atom stereocenters. The molecule has 11 heteroatoms. The van der Waals surface area contributed by atoms with Gasteiger partial charge in [0.2, 0.25) is 0 Å².